The molecule has 2 aliphatic rings. The lowest BCUT2D eigenvalue weighted by molar-refractivity contribution is -0.142. The Balaban J connectivity index is 1.91. The molecule has 1 spiro atoms. The van der Waals surface area contributed by atoms with Crippen LogP contribution in [0.3, 0.4) is 0 Å². The number of aromatic nitrogens is 1. The molecule has 0 radical (unpaired) electrons. The zero-order valence-corrected chi connectivity index (χ0v) is 13.8. The lowest BCUT2D eigenvalue weighted by atomic mass is 9.80. The number of para-hydroxylation sites is 2. The molecule has 5 heteroatoms. The molecule has 2 amide bonds. The smallest absolute Gasteiger partial charge is 0.261 e. The van der Waals surface area contributed by atoms with Crippen molar-refractivity contribution in [2.24, 2.45) is 0 Å². The Hall–Kier alpha value is -3.08. The first kappa shape index (κ1) is 14.3. The highest BCUT2D eigenvalue weighted by atomic mass is 16.2. The van der Waals surface area contributed by atoms with Gasteiger partial charge in [-0.25, -0.2) is 0 Å². The van der Waals surface area contributed by atoms with Crippen LogP contribution in [0.15, 0.2) is 48.5 Å². The molecule has 2 aromatic carbocycles. The highest BCUT2D eigenvalue weighted by Crippen LogP contribution is 2.49. The van der Waals surface area contributed by atoms with Crippen LogP contribution in [0.25, 0.3) is 10.9 Å². The van der Waals surface area contributed by atoms with Crippen LogP contribution >= 0.6 is 0 Å². The maximum Gasteiger partial charge on any atom is 0.261 e. The van der Waals surface area contributed by atoms with E-state index in [4.69, 9.17) is 0 Å². The van der Waals surface area contributed by atoms with Gasteiger partial charge in [0.05, 0.1) is 5.69 Å². The minimum Gasteiger partial charge on any atom is -0.355 e. The zero-order chi connectivity index (χ0) is 17.2. The van der Waals surface area contributed by atoms with Gasteiger partial charge in [0.1, 0.15) is 0 Å². The van der Waals surface area contributed by atoms with Crippen molar-refractivity contribution >= 4 is 28.4 Å². The average Bonchev–Trinajstić information content (AvgIpc) is 3.12. The molecule has 0 saturated carbocycles. The van der Waals surface area contributed by atoms with Crippen molar-refractivity contribution in [1.29, 1.82) is 0 Å². The molecule has 0 aliphatic carbocycles. The molecular weight excluding hydrogens is 314 g/mol. The topological polar surface area (TPSA) is 65.2 Å². The lowest BCUT2D eigenvalue weighted by Crippen LogP contribution is -2.57. The Morgan fingerprint density at radius 1 is 1.12 bits per heavy atom. The van der Waals surface area contributed by atoms with Gasteiger partial charge >= 0.3 is 0 Å². The number of carbonyl (C=O) groups is 2. The zero-order valence-electron chi connectivity index (χ0n) is 13.8. The molecule has 2 N–H and O–H groups in total. The second-order valence-electron chi connectivity index (χ2n) is 6.65. The second-order valence-corrected chi connectivity index (χ2v) is 6.65. The molecule has 1 atom stereocenters. The summed E-state index contributed by atoms with van der Waals surface area (Å²) in [6.45, 7) is 2.05. The summed E-state index contributed by atoms with van der Waals surface area (Å²) in [6.07, 6.45) is 0.732. The number of nitrogens with one attached hydrogen (secondary N) is 2. The number of nitrogens with zero attached hydrogens (tertiary/aromatic N) is 1. The molecule has 124 valence electrons. The Labute approximate surface area is 144 Å². The highest BCUT2D eigenvalue weighted by Gasteiger charge is 2.57. The number of fused-ring (bicyclic) bond motifs is 6. The van der Waals surface area contributed by atoms with Crippen LogP contribution in [-0.2, 0) is 21.5 Å². The monoisotopic (exact) mass is 331 g/mol. The van der Waals surface area contributed by atoms with Crippen LogP contribution in [0.4, 0.5) is 5.69 Å². The van der Waals surface area contributed by atoms with E-state index in [0.29, 0.717) is 6.54 Å². The first-order chi connectivity index (χ1) is 12.1. The van der Waals surface area contributed by atoms with Gasteiger partial charge in [-0.3, -0.25) is 9.59 Å². The first-order valence-corrected chi connectivity index (χ1v) is 8.43. The first-order valence-electron chi connectivity index (χ1n) is 8.43. The van der Waals surface area contributed by atoms with Crippen molar-refractivity contribution in [3.8, 4) is 0 Å². The summed E-state index contributed by atoms with van der Waals surface area (Å²) < 4.78 is 0. The molecule has 2 aliphatic heterocycles. The van der Waals surface area contributed by atoms with Gasteiger partial charge in [0.25, 0.3) is 5.91 Å². The number of aromatic amines is 1. The number of rotatable bonds is 0. The van der Waals surface area contributed by atoms with E-state index in [1.165, 1.54) is 6.92 Å². The van der Waals surface area contributed by atoms with Crippen molar-refractivity contribution in [3.63, 3.8) is 0 Å². The summed E-state index contributed by atoms with van der Waals surface area (Å²) in [5.74, 6) is -0.271. The van der Waals surface area contributed by atoms with Gasteiger partial charge in [0, 0.05) is 35.6 Å². The Morgan fingerprint density at radius 2 is 1.88 bits per heavy atom. The summed E-state index contributed by atoms with van der Waals surface area (Å²) in [4.78, 5) is 30.9. The van der Waals surface area contributed by atoms with Crippen molar-refractivity contribution in [1.82, 2.24) is 9.88 Å². The third kappa shape index (κ3) is 1.62. The van der Waals surface area contributed by atoms with E-state index in [1.54, 1.807) is 4.90 Å². The Morgan fingerprint density at radius 3 is 2.72 bits per heavy atom. The standard InChI is InChI=1S/C20H17N3O2/c1-12(24)23-11-10-14-13-6-2-4-8-16(13)21-18(14)20(23)15-7-3-5-9-17(15)22-19(20)25/h2-9,21H,10-11H2,1H3,(H,22,25)/t20-/m1/s1. The minimum absolute atomic E-state index is 0.101. The van der Waals surface area contributed by atoms with E-state index in [-0.39, 0.29) is 11.8 Å². The fraction of sp³-hybridized carbons (Fsp3) is 0.200. The van der Waals surface area contributed by atoms with Gasteiger partial charge in [-0.15, -0.1) is 0 Å². The second kappa shape index (κ2) is 4.72. The van der Waals surface area contributed by atoms with Crippen LogP contribution in [-0.4, -0.2) is 28.2 Å². The molecule has 5 rings (SSSR count). The molecule has 3 heterocycles. The van der Waals surface area contributed by atoms with Gasteiger partial charge in [0.15, 0.2) is 5.54 Å². The van der Waals surface area contributed by atoms with Crippen molar-refractivity contribution in [3.05, 3.63) is 65.4 Å². The third-order valence-electron chi connectivity index (χ3n) is 5.44. The van der Waals surface area contributed by atoms with Gasteiger partial charge < -0.3 is 15.2 Å². The molecule has 0 unspecified atom stereocenters. The average molecular weight is 331 g/mol. The summed E-state index contributed by atoms with van der Waals surface area (Å²) in [6, 6.07) is 15.7. The van der Waals surface area contributed by atoms with Crippen LogP contribution in [0.2, 0.25) is 0 Å². The molecule has 1 aromatic heterocycles. The number of carbonyl (C=O) groups excluding carboxylic acids is 2. The molecule has 0 bridgehead atoms. The van der Waals surface area contributed by atoms with E-state index in [0.717, 1.165) is 39.8 Å². The number of hydrogen-bond donors (Lipinski definition) is 2. The van der Waals surface area contributed by atoms with E-state index in [9.17, 15) is 9.59 Å². The SMILES string of the molecule is CC(=O)N1CCc2c([nH]c3ccccc23)[C@]12C(=O)Nc1ccccc12. The lowest BCUT2D eigenvalue weighted by Gasteiger charge is -2.42. The molecular formula is C20H17N3O2. The number of hydrogen-bond acceptors (Lipinski definition) is 2. The van der Waals surface area contributed by atoms with Crippen LogP contribution in [0, 0.1) is 0 Å². The summed E-state index contributed by atoms with van der Waals surface area (Å²) in [5.41, 5.74) is 3.43. The van der Waals surface area contributed by atoms with E-state index >= 15 is 0 Å². The third-order valence-corrected chi connectivity index (χ3v) is 5.44. The van der Waals surface area contributed by atoms with Crippen LogP contribution in [0.1, 0.15) is 23.7 Å². The van der Waals surface area contributed by atoms with Crippen molar-refractivity contribution in [2.75, 3.05) is 11.9 Å². The molecule has 3 aromatic rings. The van der Waals surface area contributed by atoms with Crippen LogP contribution < -0.4 is 5.32 Å². The number of amides is 2. The van der Waals surface area contributed by atoms with Crippen molar-refractivity contribution in [2.45, 2.75) is 18.9 Å². The summed E-state index contributed by atoms with van der Waals surface area (Å²) in [7, 11) is 0. The van der Waals surface area contributed by atoms with E-state index in [1.807, 2.05) is 42.5 Å². The normalized spacial score (nSPS) is 21.3. The Bertz CT molecular complexity index is 1050. The van der Waals surface area contributed by atoms with E-state index < -0.39 is 5.54 Å². The molecule has 0 fully saturated rings. The fourth-order valence-corrected chi connectivity index (χ4v) is 4.45. The van der Waals surface area contributed by atoms with Gasteiger partial charge in [-0.2, -0.15) is 0 Å². The molecule has 0 saturated heterocycles. The number of H-pyrrole nitrogens is 1. The minimum atomic E-state index is -1.12. The largest absolute Gasteiger partial charge is 0.355 e. The van der Waals surface area contributed by atoms with Crippen LogP contribution in [0.5, 0.6) is 0 Å². The maximum absolute atomic E-state index is 13.2. The number of benzene rings is 2. The predicted octanol–water partition coefficient (Wildman–Crippen LogP) is 2.77. The Kier molecular flexibility index (Phi) is 2.70. The molecule has 5 nitrogen and oxygen atoms in total. The summed E-state index contributed by atoms with van der Waals surface area (Å²) >= 11 is 0. The predicted molar refractivity (Wildman–Crippen MR) is 95.2 cm³/mol. The van der Waals surface area contributed by atoms with E-state index in [2.05, 4.69) is 16.4 Å². The molecule has 25 heavy (non-hydrogen) atoms. The van der Waals surface area contributed by atoms with Gasteiger partial charge in [0.2, 0.25) is 5.91 Å². The van der Waals surface area contributed by atoms with Gasteiger partial charge in [-0.05, 0) is 24.1 Å². The van der Waals surface area contributed by atoms with Gasteiger partial charge in [-0.1, -0.05) is 36.4 Å². The number of anilines is 1. The summed E-state index contributed by atoms with van der Waals surface area (Å²) in [5, 5.41) is 4.10. The van der Waals surface area contributed by atoms with Crippen molar-refractivity contribution < 1.29 is 9.59 Å². The fourth-order valence-electron chi connectivity index (χ4n) is 4.45. The quantitative estimate of drug-likeness (QED) is 0.665. The highest BCUT2D eigenvalue weighted by molar-refractivity contribution is 6.11. The maximum atomic E-state index is 13.2.